The molecule has 0 aromatic carbocycles. The molecule has 0 aliphatic heterocycles. The maximum absolute atomic E-state index is 2.52. The van der Waals surface area contributed by atoms with Crippen LogP contribution in [0.2, 0.25) is 0 Å². The number of hydrogen-bond acceptors (Lipinski definition) is 0. The molecule has 6 unspecified atom stereocenters. The summed E-state index contributed by atoms with van der Waals surface area (Å²) in [4.78, 5) is 0. The van der Waals surface area contributed by atoms with E-state index in [1.54, 1.807) is 0 Å². The maximum Gasteiger partial charge on any atom is -0.0414 e. The van der Waals surface area contributed by atoms with E-state index in [2.05, 4.69) is 83.1 Å². The predicted molar refractivity (Wildman–Crippen MR) is 290 cm³/mol. The van der Waals surface area contributed by atoms with Gasteiger partial charge in [0.15, 0.2) is 0 Å². The number of hydrogen-bond donors (Lipinski definition) is 0. The molecule has 0 amide bonds. The highest BCUT2D eigenvalue weighted by atomic mass is 14.2. The third kappa shape index (κ3) is 52.6. The van der Waals surface area contributed by atoms with E-state index in [-0.39, 0.29) is 0 Å². The van der Waals surface area contributed by atoms with E-state index >= 15 is 0 Å². The summed E-state index contributed by atoms with van der Waals surface area (Å²) < 4.78 is 0. The standard InChI is InChI=1S/2C31H64/c1-7-8-9-10-11-12-13-14-15-16-17-18-22-30(5)26-27-31(6)25-20-24-29(4)23-19-21-28(2)3;1-7-9-10-11-12-13-14-15-16-17-18-19-23-30(6)27-31(8-2)26-21-25-29(5)24-20-22-28(3)4/h2*28-31H,7-27H2,1-6H3. The fourth-order valence-electron chi connectivity index (χ4n) is 10.3. The highest BCUT2D eigenvalue weighted by Crippen LogP contribution is 2.28. The van der Waals surface area contributed by atoms with Crippen LogP contribution in [0.3, 0.4) is 0 Å². The number of rotatable bonds is 48. The van der Waals surface area contributed by atoms with Gasteiger partial charge in [-0.3, -0.25) is 0 Å². The minimum Gasteiger partial charge on any atom is -0.0654 e. The van der Waals surface area contributed by atoms with Gasteiger partial charge >= 0.3 is 0 Å². The van der Waals surface area contributed by atoms with Gasteiger partial charge in [0.25, 0.3) is 0 Å². The largest absolute Gasteiger partial charge is 0.0654 e. The van der Waals surface area contributed by atoms with Crippen LogP contribution in [0.15, 0.2) is 0 Å². The lowest BCUT2D eigenvalue weighted by Gasteiger charge is -2.21. The maximum atomic E-state index is 2.52. The van der Waals surface area contributed by atoms with E-state index in [0.717, 1.165) is 47.3 Å². The Balaban J connectivity index is 0. The normalized spacial score (nSPS) is 14.8. The van der Waals surface area contributed by atoms with Crippen LogP contribution in [-0.4, -0.2) is 0 Å². The molecule has 0 radical (unpaired) electrons. The first-order valence-electron chi connectivity index (χ1n) is 29.9. The van der Waals surface area contributed by atoms with Crippen LogP contribution in [0.1, 0.15) is 353 Å². The van der Waals surface area contributed by atoms with Gasteiger partial charge in [0.1, 0.15) is 0 Å². The minimum absolute atomic E-state index is 0.878. The van der Waals surface area contributed by atoms with Gasteiger partial charge in [-0.15, -0.1) is 0 Å². The summed E-state index contributed by atoms with van der Waals surface area (Å²) in [6.45, 7) is 28.9. The van der Waals surface area contributed by atoms with Crippen molar-refractivity contribution in [3.63, 3.8) is 0 Å². The van der Waals surface area contributed by atoms with Gasteiger partial charge in [-0.05, 0) is 53.8 Å². The first-order chi connectivity index (χ1) is 29.9. The molecule has 0 aliphatic carbocycles. The van der Waals surface area contributed by atoms with Crippen LogP contribution in [0.4, 0.5) is 0 Å². The summed E-state index contributed by atoms with van der Waals surface area (Å²) in [7, 11) is 0. The smallest absolute Gasteiger partial charge is 0.0414 e. The molecular formula is C62H128. The SMILES string of the molecule is CCCCCCCCCCCCCCC(C)CC(CC)CCCC(C)CCCC(C)C.CCCCCCCCCCCCCCC(C)CCC(C)CCCC(C)CCCC(C)C. The lowest BCUT2D eigenvalue weighted by atomic mass is 9.85. The summed E-state index contributed by atoms with van der Waals surface area (Å²) in [6, 6.07) is 0. The Morgan fingerprint density at radius 3 is 0.758 bits per heavy atom. The Bertz CT molecular complexity index is 794. The Morgan fingerprint density at radius 1 is 0.210 bits per heavy atom. The molecule has 0 N–H and O–H groups in total. The molecule has 0 saturated heterocycles. The first kappa shape index (κ1) is 64.1. The summed E-state index contributed by atoms with van der Waals surface area (Å²) in [6.07, 6.45) is 61.3. The van der Waals surface area contributed by atoms with E-state index in [1.165, 1.54) is 270 Å². The summed E-state index contributed by atoms with van der Waals surface area (Å²) >= 11 is 0. The zero-order chi connectivity index (χ0) is 46.3. The average molecular weight is 874 g/mol. The molecular weight excluding hydrogens is 745 g/mol. The highest BCUT2D eigenvalue weighted by molar-refractivity contribution is 4.66. The molecule has 0 heteroatoms. The molecule has 376 valence electrons. The van der Waals surface area contributed by atoms with Crippen molar-refractivity contribution in [2.75, 3.05) is 0 Å². The predicted octanol–water partition coefficient (Wildman–Crippen LogP) is 23.5. The molecule has 0 heterocycles. The summed E-state index contributed by atoms with van der Waals surface area (Å²) in [5.74, 6) is 7.44. The molecule has 62 heavy (non-hydrogen) atoms. The van der Waals surface area contributed by atoms with Crippen LogP contribution >= 0.6 is 0 Å². The average Bonchev–Trinajstić information content (AvgIpc) is 3.23. The van der Waals surface area contributed by atoms with Crippen LogP contribution in [0, 0.1) is 47.3 Å². The molecule has 0 aromatic rings. The van der Waals surface area contributed by atoms with Crippen LogP contribution in [-0.2, 0) is 0 Å². The van der Waals surface area contributed by atoms with Crippen molar-refractivity contribution in [1.82, 2.24) is 0 Å². The third-order valence-corrected chi connectivity index (χ3v) is 15.2. The lowest BCUT2D eigenvalue weighted by molar-refractivity contribution is 0.319. The second-order valence-electron chi connectivity index (χ2n) is 23.5. The second-order valence-corrected chi connectivity index (χ2v) is 23.5. The van der Waals surface area contributed by atoms with Gasteiger partial charge in [-0.2, -0.15) is 0 Å². The van der Waals surface area contributed by atoms with Gasteiger partial charge in [0, 0.05) is 0 Å². The zero-order valence-corrected chi connectivity index (χ0v) is 46.3. The van der Waals surface area contributed by atoms with Crippen molar-refractivity contribution < 1.29 is 0 Å². The van der Waals surface area contributed by atoms with Crippen molar-refractivity contribution >= 4 is 0 Å². The summed E-state index contributed by atoms with van der Waals surface area (Å²) in [5.41, 5.74) is 0. The van der Waals surface area contributed by atoms with Gasteiger partial charge in [0.2, 0.25) is 0 Å². The fourth-order valence-corrected chi connectivity index (χ4v) is 10.3. The molecule has 0 aromatic heterocycles. The Labute approximate surface area is 398 Å². The van der Waals surface area contributed by atoms with Crippen molar-refractivity contribution in [3.8, 4) is 0 Å². The Kier molecular flexibility index (Phi) is 52.1. The van der Waals surface area contributed by atoms with Crippen molar-refractivity contribution in [3.05, 3.63) is 0 Å². The minimum atomic E-state index is 0.878. The van der Waals surface area contributed by atoms with E-state index < -0.39 is 0 Å². The monoisotopic (exact) mass is 873 g/mol. The van der Waals surface area contributed by atoms with E-state index in [0.29, 0.717) is 0 Å². The van der Waals surface area contributed by atoms with Gasteiger partial charge in [0.05, 0.1) is 0 Å². The van der Waals surface area contributed by atoms with Crippen molar-refractivity contribution in [1.29, 1.82) is 0 Å². The Morgan fingerprint density at radius 2 is 0.452 bits per heavy atom. The molecule has 0 saturated carbocycles. The molecule has 0 nitrogen and oxygen atoms in total. The van der Waals surface area contributed by atoms with Crippen molar-refractivity contribution in [2.45, 2.75) is 353 Å². The molecule has 0 bridgehead atoms. The lowest BCUT2D eigenvalue weighted by Crippen LogP contribution is -2.07. The highest BCUT2D eigenvalue weighted by Gasteiger charge is 2.13. The Hall–Kier alpha value is 0. The molecule has 0 rings (SSSR count). The zero-order valence-electron chi connectivity index (χ0n) is 46.3. The topological polar surface area (TPSA) is 0 Å². The third-order valence-electron chi connectivity index (χ3n) is 15.2. The van der Waals surface area contributed by atoms with Crippen LogP contribution in [0.25, 0.3) is 0 Å². The van der Waals surface area contributed by atoms with Crippen LogP contribution in [0.5, 0.6) is 0 Å². The molecule has 0 spiro atoms. The van der Waals surface area contributed by atoms with E-state index in [4.69, 9.17) is 0 Å². The number of unbranched alkanes of at least 4 members (excludes halogenated alkanes) is 22. The quantitative estimate of drug-likeness (QED) is 0.0535. The second kappa shape index (κ2) is 50.4. The van der Waals surface area contributed by atoms with E-state index in [1.807, 2.05) is 0 Å². The fraction of sp³-hybridized carbons (Fsp3) is 1.00. The van der Waals surface area contributed by atoms with Crippen LogP contribution < -0.4 is 0 Å². The van der Waals surface area contributed by atoms with Gasteiger partial charge in [-0.1, -0.05) is 346 Å². The van der Waals surface area contributed by atoms with Gasteiger partial charge < -0.3 is 0 Å². The molecule has 0 aliphatic rings. The van der Waals surface area contributed by atoms with Gasteiger partial charge in [-0.25, -0.2) is 0 Å². The summed E-state index contributed by atoms with van der Waals surface area (Å²) in [5, 5.41) is 0. The van der Waals surface area contributed by atoms with Crippen molar-refractivity contribution in [2.24, 2.45) is 47.3 Å². The van der Waals surface area contributed by atoms with E-state index in [9.17, 15) is 0 Å². The molecule has 0 fully saturated rings. The first-order valence-corrected chi connectivity index (χ1v) is 29.9. The molecule has 6 atom stereocenters.